The molecule has 300 valence electrons. The first kappa shape index (κ1) is 50.1. The van der Waals surface area contributed by atoms with Gasteiger partial charge >= 0.3 is 5.97 Å². The van der Waals surface area contributed by atoms with E-state index in [-0.39, 0.29) is 19.2 Å². The highest BCUT2D eigenvalue weighted by Crippen LogP contribution is 2.11. The summed E-state index contributed by atoms with van der Waals surface area (Å²) in [6, 6.07) is 0. The van der Waals surface area contributed by atoms with Crippen LogP contribution < -0.4 is 0 Å². The molecule has 0 saturated carbocycles. The lowest BCUT2D eigenvalue weighted by atomic mass is 10.1. The number of carbonyl (C=O) groups is 1. The van der Waals surface area contributed by atoms with Crippen LogP contribution in [0.4, 0.5) is 0 Å². The third-order valence-corrected chi connectivity index (χ3v) is 8.59. The van der Waals surface area contributed by atoms with Crippen molar-refractivity contribution in [1.82, 2.24) is 0 Å². The van der Waals surface area contributed by atoms with E-state index in [4.69, 9.17) is 9.47 Å². The van der Waals surface area contributed by atoms with Crippen molar-refractivity contribution in [3.8, 4) is 0 Å². The van der Waals surface area contributed by atoms with Crippen LogP contribution in [-0.2, 0) is 14.3 Å². The van der Waals surface area contributed by atoms with Gasteiger partial charge in [0.2, 0.25) is 0 Å². The molecule has 0 aromatic rings. The number of carbonyl (C=O) groups excluding carboxylic acids is 1. The molecule has 4 nitrogen and oxygen atoms in total. The van der Waals surface area contributed by atoms with E-state index in [1.807, 2.05) is 0 Å². The standard InChI is InChI=1S/C49H80O4/c1-3-5-7-9-11-13-15-17-19-20-21-22-23-24-25-26-27-28-29-31-33-35-37-39-41-43-45-52-47-48(46-50)53-49(51)44-42-40-38-36-34-32-30-18-16-14-12-10-8-6-4-2/h5-8,11-14,17-19,21-22,24-25,27-28,30,48,50H,3-4,9-10,15-16,20,23,26,29,31-47H2,1-2H3/b7-5-,8-6-,13-11-,14-12-,19-17-,22-21-,25-24-,28-27-,30-18-. The molecule has 0 spiro atoms. The van der Waals surface area contributed by atoms with E-state index in [0.717, 1.165) is 96.3 Å². The fourth-order valence-electron chi connectivity index (χ4n) is 5.46. The van der Waals surface area contributed by atoms with Crippen LogP contribution in [0, 0.1) is 0 Å². The quantitative estimate of drug-likeness (QED) is 0.0390. The van der Waals surface area contributed by atoms with Crippen LogP contribution in [-0.4, -0.2) is 37.0 Å². The van der Waals surface area contributed by atoms with E-state index in [1.54, 1.807) is 0 Å². The van der Waals surface area contributed by atoms with Crippen molar-refractivity contribution in [3.63, 3.8) is 0 Å². The zero-order valence-corrected chi connectivity index (χ0v) is 34.2. The van der Waals surface area contributed by atoms with E-state index in [1.165, 1.54) is 51.4 Å². The molecule has 53 heavy (non-hydrogen) atoms. The normalized spacial score (nSPS) is 13.5. The highest BCUT2D eigenvalue weighted by Gasteiger charge is 2.13. The van der Waals surface area contributed by atoms with Gasteiger partial charge in [0.25, 0.3) is 0 Å². The van der Waals surface area contributed by atoms with Gasteiger partial charge in [-0.05, 0) is 96.3 Å². The molecule has 0 aliphatic heterocycles. The predicted molar refractivity (Wildman–Crippen MR) is 232 cm³/mol. The fourth-order valence-corrected chi connectivity index (χ4v) is 5.46. The highest BCUT2D eigenvalue weighted by atomic mass is 16.6. The first-order chi connectivity index (χ1) is 26.2. The monoisotopic (exact) mass is 733 g/mol. The second-order valence-electron chi connectivity index (χ2n) is 13.6. The van der Waals surface area contributed by atoms with Crippen molar-refractivity contribution in [2.75, 3.05) is 19.8 Å². The van der Waals surface area contributed by atoms with Crippen molar-refractivity contribution in [2.45, 2.75) is 174 Å². The molecule has 1 unspecified atom stereocenters. The molecule has 1 N–H and O–H groups in total. The number of unbranched alkanes of at least 4 members (excludes halogenated alkanes) is 12. The van der Waals surface area contributed by atoms with Gasteiger partial charge in [-0.15, -0.1) is 0 Å². The minimum absolute atomic E-state index is 0.191. The van der Waals surface area contributed by atoms with Gasteiger partial charge in [-0.25, -0.2) is 0 Å². The lowest BCUT2D eigenvalue weighted by molar-refractivity contribution is -0.154. The summed E-state index contributed by atoms with van der Waals surface area (Å²) in [6.07, 6.45) is 65.8. The topological polar surface area (TPSA) is 55.8 Å². The third-order valence-electron chi connectivity index (χ3n) is 8.59. The number of hydrogen-bond acceptors (Lipinski definition) is 4. The minimum Gasteiger partial charge on any atom is -0.457 e. The maximum absolute atomic E-state index is 12.2. The largest absolute Gasteiger partial charge is 0.457 e. The number of ether oxygens (including phenoxy) is 2. The molecular weight excluding hydrogens is 653 g/mol. The lowest BCUT2D eigenvalue weighted by Gasteiger charge is -2.15. The zero-order valence-electron chi connectivity index (χ0n) is 34.2. The highest BCUT2D eigenvalue weighted by molar-refractivity contribution is 5.69. The molecule has 4 heteroatoms. The average molecular weight is 733 g/mol. The Morgan fingerprint density at radius 1 is 0.453 bits per heavy atom. The number of esters is 1. The number of allylic oxidation sites excluding steroid dienone is 18. The second-order valence-corrected chi connectivity index (χ2v) is 13.6. The van der Waals surface area contributed by atoms with E-state index >= 15 is 0 Å². The molecule has 0 rings (SSSR count). The van der Waals surface area contributed by atoms with Crippen LogP contribution in [0.3, 0.4) is 0 Å². The molecule has 0 bridgehead atoms. The fraction of sp³-hybridized carbons (Fsp3) is 0.612. The first-order valence-corrected chi connectivity index (χ1v) is 21.5. The predicted octanol–water partition coefficient (Wildman–Crippen LogP) is 14.3. The Bertz CT molecular complexity index is 1040. The summed E-state index contributed by atoms with van der Waals surface area (Å²) >= 11 is 0. The molecule has 0 aliphatic carbocycles. The Labute approximate surface area is 327 Å². The Morgan fingerprint density at radius 2 is 0.792 bits per heavy atom. The molecule has 0 aromatic carbocycles. The van der Waals surface area contributed by atoms with Crippen LogP contribution in [0.25, 0.3) is 0 Å². The number of aliphatic hydroxyl groups is 1. The van der Waals surface area contributed by atoms with Crippen LogP contribution in [0.2, 0.25) is 0 Å². The Balaban J connectivity index is 3.54. The van der Waals surface area contributed by atoms with Gasteiger partial charge in [0, 0.05) is 13.0 Å². The third kappa shape index (κ3) is 43.3. The van der Waals surface area contributed by atoms with Gasteiger partial charge in [-0.2, -0.15) is 0 Å². The molecule has 0 heterocycles. The van der Waals surface area contributed by atoms with Gasteiger partial charge < -0.3 is 14.6 Å². The summed E-state index contributed by atoms with van der Waals surface area (Å²) in [6.45, 7) is 5.05. The van der Waals surface area contributed by atoms with Crippen molar-refractivity contribution < 1.29 is 19.4 Å². The molecular formula is C49H80O4. The van der Waals surface area contributed by atoms with Gasteiger partial charge in [0.1, 0.15) is 6.10 Å². The van der Waals surface area contributed by atoms with Gasteiger partial charge in [-0.1, -0.05) is 175 Å². The van der Waals surface area contributed by atoms with Crippen LogP contribution >= 0.6 is 0 Å². The van der Waals surface area contributed by atoms with Gasteiger partial charge in [-0.3, -0.25) is 4.79 Å². The van der Waals surface area contributed by atoms with Crippen LogP contribution in [0.1, 0.15) is 168 Å². The van der Waals surface area contributed by atoms with E-state index in [9.17, 15) is 9.90 Å². The van der Waals surface area contributed by atoms with Crippen molar-refractivity contribution in [1.29, 1.82) is 0 Å². The summed E-state index contributed by atoms with van der Waals surface area (Å²) in [5.41, 5.74) is 0. The summed E-state index contributed by atoms with van der Waals surface area (Å²) in [4.78, 5) is 12.2. The van der Waals surface area contributed by atoms with Gasteiger partial charge in [0.15, 0.2) is 0 Å². The smallest absolute Gasteiger partial charge is 0.306 e. The summed E-state index contributed by atoms with van der Waals surface area (Å²) in [5.74, 6) is -0.227. The summed E-state index contributed by atoms with van der Waals surface area (Å²) in [5, 5.41) is 9.60. The number of aliphatic hydroxyl groups excluding tert-OH is 1. The minimum atomic E-state index is -0.557. The van der Waals surface area contributed by atoms with E-state index < -0.39 is 6.10 Å². The molecule has 0 aromatic heterocycles. The Morgan fingerprint density at radius 3 is 1.19 bits per heavy atom. The van der Waals surface area contributed by atoms with Crippen LogP contribution in [0.15, 0.2) is 109 Å². The Kier molecular flexibility index (Phi) is 42.7. The zero-order chi connectivity index (χ0) is 38.4. The molecule has 1 atom stereocenters. The maximum Gasteiger partial charge on any atom is 0.306 e. The van der Waals surface area contributed by atoms with E-state index in [0.29, 0.717) is 13.0 Å². The summed E-state index contributed by atoms with van der Waals surface area (Å²) < 4.78 is 11.1. The SMILES string of the molecule is CC/C=C\C/C=C\C/C=C\C/C=C\C/C=C\C/C=C\CCCCCCCCCOCC(CO)OC(=O)CCCCCCC/C=C\C/C=C\C/C=C\CC. The van der Waals surface area contributed by atoms with E-state index in [2.05, 4.69) is 123 Å². The van der Waals surface area contributed by atoms with Crippen molar-refractivity contribution in [3.05, 3.63) is 109 Å². The number of rotatable bonds is 38. The van der Waals surface area contributed by atoms with Crippen molar-refractivity contribution in [2.24, 2.45) is 0 Å². The Hall–Kier alpha value is -2.95. The second kappa shape index (κ2) is 45.2. The first-order valence-electron chi connectivity index (χ1n) is 21.5. The molecule has 0 fully saturated rings. The lowest BCUT2D eigenvalue weighted by Crippen LogP contribution is -2.27. The number of hydrogen-bond donors (Lipinski definition) is 1. The average Bonchev–Trinajstić information content (AvgIpc) is 3.16. The summed E-state index contributed by atoms with van der Waals surface area (Å²) in [7, 11) is 0. The van der Waals surface area contributed by atoms with Gasteiger partial charge in [0.05, 0.1) is 13.2 Å². The molecule has 0 saturated heterocycles. The van der Waals surface area contributed by atoms with Crippen molar-refractivity contribution >= 4 is 5.97 Å². The molecule has 0 aliphatic rings. The molecule has 0 amide bonds. The molecule has 0 radical (unpaired) electrons. The maximum atomic E-state index is 12.2. The van der Waals surface area contributed by atoms with Crippen LogP contribution in [0.5, 0.6) is 0 Å².